The van der Waals surface area contributed by atoms with Gasteiger partial charge in [0.2, 0.25) is 5.91 Å². The first-order valence-electron chi connectivity index (χ1n) is 8.83. The lowest BCUT2D eigenvalue weighted by Crippen LogP contribution is -2.48. The van der Waals surface area contributed by atoms with Crippen molar-refractivity contribution >= 4 is 35.1 Å². The van der Waals surface area contributed by atoms with Gasteiger partial charge in [-0.25, -0.2) is 0 Å². The molecule has 2 saturated carbocycles. The number of anilines is 1. The van der Waals surface area contributed by atoms with Gasteiger partial charge in [-0.15, -0.1) is 23.5 Å². The number of aryl methyl sites for hydroxylation is 1. The third kappa shape index (κ3) is 2.82. The number of thioether (sulfide) groups is 2. The van der Waals surface area contributed by atoms with Crippen molar-refractivity contribution < 1.29 is 4.79 Å². The quantitative estimate of drug-likeness (QED) is 0.822. The van der Waals surface area contributed by atoms with Crippen LogP contribution in [0.3, 0.4) is 0 Å². The molecule has 2 bridgehead atoms. The van der Waals surface area contributed by atoms with Gasteiger partial charge in [0.1, 0.15) is 0 Å². The zero-order valence-electron chi connectivity index (χ0n) is 13.7. The third-order valence-electron chi connectivity index (χ3n) is 5.89. The molecule has 0 radical (unpaired) electrons. The first-order valence-corrected chi connectivity index (χ1v) is 10.8. The van der Waals surface area contributed by atoms with E-state index in [0.717, 1.165) is 35.9 Å². The van der Waals surface area contributed by atoms with Crippen LogP contribution in [-0.4, -0.2) is 21.5 Å². The van der Waals surface area contributed by atoms with Crippen LogP contribution in [0.5, 0.6) is 0 Å². The highest BCUT2D eigenvalue weighted by Crippen LogP contribution is 2.64. The predicted octanol–water partition coefficient (Wildman–Crippen LogP) is 4.94. The van der Waals surface area contributed by atoms with Gasteiger partial charge in [-0.2, -0.15) is 0 Å². The molecule has 1 spiro atoms. The summed E-state index contributed by atoms with van der Waals surface area (Å²) in [6.07, 6.45) is 6.20. The van der Waals surface area contributed by atoms with E-state index >= 15 is 0 Å². The van der Waals surface area contributed by atoms with Crippen molar-refractivity contribution in [3.8, 4) is 0 Å². The summed E-state index contributed by atoms with van der Waals surface area (Å²) in [4.78, 5) is 12.8. The summed E-state index contributed by atoms with van der Waals surface area (Å²) < 4.78 is 0.456. The van der Waals surface area contributed by atoms with Crippen LogP contribution < -0.4 is 5.32 Å². The fourth-order valence-electron chi connectivity index (χ4n) is 4.77. The van der Waals surface area contributed by atoms with Crippen LogP contribution in [0, 0.1) is 24.7 Å². The molecule has 0 unspecified atom stereocenters. The van der Waals surface area contributed by atoms with E-state index in [1.807, 2.05) is 18.2 Å². The summed E-state index contributed by atoms with van der Waals surface area (Å²) in [5.41, 5.74) is 2.13. The Kier molecular flexibility index (Phi) is 4.39. The molecule has 1 aliphatic heterocycles. The van der Waals surface area contributed by atoms with Gasteiger partial charge < -0.3 is 5.32 Å². The molecular formula is C19H25NOS2. The molecule has 4 heteroatoms. The van der Waals surface area contributed by atoms with E-state index in [0.29, 0.717) is 4.08 Å². The molecule has 1 N–H and O–H groups in total. The average Bonchev–Trinajstić information content (AvgIpc) is 2.99. The van der Waals surface area contributed by atoms with E-state index in [9.17, 15) is 4.79 Å². The van der Waals surface area contributed by atoms with Crippen molar-refractivity contribution in [3.63, 3.8) is 0 Å². The normalized spacial score (nSPS) is 32.0. The van der Waals surface area contributed by atoms with Crippen LogP contribution in [-0.2, 0) is 4.79 Å². The Morgan fingerprint density at radius 3 is 2.43 bits per heavy atom. The van der Waals surface area contributed by atoms with Crippen molar-refractivity contribution in [1.82, 2.24) is 0 Å². The van der Waals surface area contributed by atoms with Crippen LogP contribution in [0.15, 0.2) is 24.3 Å². The SMILES string of the molecule is Cc1ccccc1NC(=O)C1C[C@H]2CCC[C@H](C1)C21SCCS1. The number of para-hydroxylation sites is 1. The lowest BCUT2D eigenvalue weighted by molar-refractivity contribution is -0.122. The summed E-state index contributed by atoms with van der Waals surface area (Å²) in [6.45, 7) is 2.06. The summed E-state index contributed by atoms with van der Waals surface area (Å²) in [7, 11) is 0. The van der Waals surface area contributed by atoms with Crippen LogP contribution in [0.1, 0.15) is 37.7 Å². The molecule has 1 aromatic carbocycles. The maximum atomic E-state index is 12.8. The monoisotopic (exact) mass is 347 g/mol. The summed E-state index contributed by atoms with van der Waals surface area (Å²) >= 11 is 4.42. The number of hydrogen-bond acceptors (Lipinski definition) is 3. The molecule has 2 aliphatic carbocycles. The maximum absolute atomic E-state index is 12.8. The van der Waals surface area contributed by atoms with Crippen LogP contribution in [0.2, 0.25) is 0 Å². The Labute approximate surface area is 147 Å². The Morgan fingerprint density at radius 2 is 1.78 bits per heavy atom. The van der Waals surface area contributed by atoms with Crippen molar-refractivity contribution in [1.29, 1.82) is 0 Å². The Hall–Kier alpha value is -0.610. The fraction of sp³-hybridized carbons (Fsp3) is 0.632. The number of nitrogens with one attached hydrogen (secondary N) is 1. The molecule has 0 aromatic heterocycles. The topological polar surface area (TPSA) is 29.1 Å². The van der Waals surface area contributed by atoms with E-state index in [2.05, 4.69) is 41.8 Å². The molecule has 3 aliphatic rings. The first kappa shape index (κ1) is 15.9. The molecule has 1 saturated heterocycles. The second-order valence-electron chi connectivity index (χ2n) is 7.22. The molecule has 124 valence electrons. The summed E-state index contributed by atoms with van der Waals surface area (Å²) in [5, 5.41) is 3.20. The minimum absolute atomic E-state index is 0.206. The van der Waals surface area contributed by atoms with Gasteiger partial charge >= 0.3 is 0 Å². The van der Waals surface area contributed by atoms with Crippen molar-refractivity contribution in [2.75, 3.05) is 16.8 Å². The third-order valence-corrected chi connectivity index (χ3v) is 9.91. The highest BCUT2D eigenvalue weighted by Gasteiger charge is 2.55. The van der Waals surface area contributed by atoms with Gasteiger partial charge in [-0.05, 0) is 56.1 Å². The van der Waals surface area contributed by atoms with Crippen molar-refractivity contribution in [2.24, 2.45) is 17.8 Å². The van der Waals surface area contributed by atoms with Gasteiger partial charge in [-0.1, -0.05) is 24.6 Å². The summed E-state index contributed by atoms with van der Waals surface area (Å²) in [5.74, 6) is 4.53. The van der Waals surface area contributed by atoms with E-state index < -0.39 is 0 Å². The van der Waals surface area contributed by atoms with Gasteiger partial charge in [0, 0.05) is 23.1 Å². The minimum Gasteiger partial charge on any atom is -0.326 e. The van der Waals surface area contributed by atoms with Gasteiger partial charge in [0.05, 0.1) is 4.08 Å². The number of rotatable bonds is 2. The van der Waals surface area contributed by atoms with Crippen molar-refractivity contribution in [2.45, 2.75) is 43.1 Å². The lowest BCUT2D eigenvalue weighted by atomic mass is 9.67. The molecule has 2 atom stereocenters. The van der Waals surface area contributed by atoms with Crippen LogP contribution >= 0.6 is 23.5 Å². The van der Waals surface area contributed by atoms with Crippen LogP contribution in [0.4, 0.5) is 5.69 Å². The molecule has 4 rings (SSSR count). The van der Waals surface area contributed by atoms with E-state index in [1.54, 1.807) is 0 Å². The predicted molar refractivity (Wildman–Crippen MR) is 101 cm³/mol. The molecule has 1 amide bonds. The number of benzene rings is 1. The number of amides is 1. The van der Waals surface area contributed by atoms with E-state index in [1.165, 1.54) is 30.8 Å². The zero-order valence-corrected chi connectivity index (χ0v) is 15.3. The second kappa shape index (κ2) is 6.36. The Bertz CT molecular complexity index is 581. The fourth-order valence-corrected chi connectivity index (χ4v) is 8.71. The van der Waals surface area contributed by atoms with Gasteiger partial charge in [0.25, 0.3) is 0 Å². The standard InChI is InChI=1S/C19H25NOS2/c1-13-5-2-3-8-17(13)20-18(21)14-11-15-6-4-7-16(12-14)19(15)22-9-10-23-19/h2-3,5,8,14-16H,4,6-7,9-12H2,1H3,(H,20,21)/t15-,16-/m1/s1. The largest absolute Gasteiger partial charge is 0.326 e. The van der Waals surface area contributed by atoms with E-state index in [4.69, 9.17) is 0 Å². The second-order valence-corrected chi connectivity index (χ2v) is 10.2. The summed E-state index contributed by atoms with van der Waals surface area (Å²) in [6, 6.07) is 8.10. The number of carbonyl (C=O) groups excluding carboxylic acids is 1. The maximum Gasteiger partial charge on any atom is 0.227 e. The van der Waals surface area contributed by atoms with Gasteiger partial charge in [0.15, 0.2) is 0 Å². The molecule has 3 fully saturated rings. The average molecular weight is 348 g/mol. The lowest BCUT2D eigenvalue weighted by Gasteiger charge is -2.52. The molecule has 2 nitrogen and oxygen atoms in total. The minimum atomic E-state index is 0.206. The highest BCUT2D eigenvalue weighted by molar-refractivity contribution is 8.21. The van der Waals surface area contributed by atoms with E-state index in [-0.39, 0.29) is 11.8 Å². The molecule has 1 aromatic rings. The van der Waals surface area contributed by atoms with Crippen LogP contribution in [0.25, 0.3) is 0 Å². The molecule has 1 heterocycles. The zero-order chi connectivity index (χ0) is 15.9. The van der Waals surface area contributed by atoms with Gasteiger partial charge in [-0.3, -0.25) is 4.79 Å². The number of hydrogen-bond donors (Lipinski definition) is 1. The first-order chi connectivity index (χ1) is 11.2. The molecule has 23 heavy (non-hydrogen) atoms. The Morgan fingerprint density at radius 1 is 1.13 bits per heavy atom. The molecular weight excluding hydrogens is 322 g/mol. The van der Waals surface area contributed by atoms with Crippen molar-refractivity contribution in [3.05, 3.63) is 29.8 Å². The Balaban J connectivity index is 1.49. The smallest absolute Gasteiger partial charge is 0.227 e. The highest BCUT2D eigenvalue weighted by atomic mass is 32.2. The number of carbonyl (C=O) groups is 1.